The molecule has 14 nitrogen and oxygen atoms in total. The second-order valence-electron chi connectivity index (χ2n) is 10.8. The third-order valence-corrected chi connectivity index (χ3v) is 8.41. The van der Waals surface area contributed by atoms with Crippen molar-refractivity contribution in [1.29, 1.82) is 0 Å². The number of nitrogens with zero attached hydrogens (tertiary/aromatic N) is 4. The van der Waals surface area contributed by atoms with Crippen LogP contribution in [0.4, 0.5) is 0 Å². The van der Waals surface area contributed by atoms with E-state index in [0.29, 0.717) is 77.0 Å². The molecule has 1 aromatic carbocycles. The first-order valence-electron chi connectivity index (χ1n) is 13.7. The summed E-state index contributed by atoms with van der Waals surface area (Å²) in [5.41, 5.74) is -2.03. The largest absolute Gasteiger partial charge is 0.311 e. The van der Waals surface area contributed by atoms with Gasteiger partial charge in [-0.2, -0.15) is 0 Å². The minimum atomic E-state index is -0.794. The van der Waals surface area contributed by atoms with E-state index in [-0.39, 0.29) is 33.6 Å². The molecule has 0 atom stereocenters. The number of rotatable bonds is 6. The van der Waals surface area contributed by atoms with Crippen molar-refractivity contribution >= 4 is 21.5 Å². The van der Waals surface area contributed by atoms with E-state index in [1.54, 1.807) is 0 Å². The molecule has 0 aliphatic heterocycles. The molecule has 40 heavy (non-hydrogen) atoms. The Morgan fingerprint density at radius 1 is 0.550 bits per heavy atom. The molecule has 2 fully saturated rings. The first-order chi connectivity index (χ1) is 19.2. The van der Waals surface area contributed by atoms with E-state index >= 15 is 0 Å². The van der Waals surface area contributed by atoms with E-state index in [1.807, 2.05) is 0 Å². The standard InChI is InChI=1S/C26H30N4O10/c31-23-19-13-21-22(26(34)28(25(21)33)16-7-3-11-18(12-4-8-16)40-30(37)38)14-20(19)24(32)27(23)15-5-1-9-17(10-2-6-15)39-29(35)36/h13-18H,1-12H2. The first kappa shape index (κ1) is 27.5. The monoisotopic (exact) mass is 558 g/mol. The Hall–Kier alpha value is -4.10. The van der Waals surface area contributed by atoms with E-state index in [9.17, 15) is 39.4 Å². The molecule has 2 heterocycles. The van der Waals surface area contributed by atoms with E-state index in [0.717, 1.165) is 0 Å². The summed E-state index contributed by atoms with van der Waals surface area (Å²) in [6.07, 6.45) is 4.83. The Bertz CT molecular complexity index is 1430. The van der Waals surface area contributed by atoms with Gasteiger partial charge in [0.15, 0.2) is 0 Å². The molecule has 0 N–H and O–H groups in total. The molecule has 2 aromatic heterocycles. The second kappa shape index (κ2) is 11.2. The average Bonchev–Trinajstić information content (AvgIpc) is 3.25. The predicted octanol–water partition coefficient (Wildman–Crippen LogP) is 2.86. The fourth-order valence-electron chi connectivity index (χ4n) is 6.55. The highest BCUT2D eigenvalue weighted by Gasteiger charge is 2.28. The molecule has 2 saturated carbocycles. The van der Waals surface area contributed by atoms with Gasteiger partial charge in [0.05, 0.1) is 21.5 Å². The summed E-state index contributed by atoms with van der Waals surface area (Å²) in [5, 5.41) is 20.2. The highest BCUT2D eigenvalue weighted by Crippen LogP contribution is 2.29. The third-order valence-electron chi connectivity index (χ3n) is 8.41. The van der Waals surface area contributed by atoms with Crippen LogP contribution in [0.15, 0.2) is 31.3 Å². The molecule has 214 valence electrons. The molecule has 3 aromatic rings. The molecular formula is C26H30N4O10. The highest BCUT2D eigenvalue weighted by molar-refractivity contribution is 5.97. The van der Waals surface area contributed by atoms with Gasteiger partial charge in [0.2, 0.25) is 0 Å². The first-order valence-corrected chi connectivity index (χ1v) is 13.7. The van der Waals surface area contributed by atoms with Crippen LogP contribution in [0.2, 0.25) is 0 Å². The molecule has 0 bridgehead atoms. The molecule has 0 radical (unpaired) electrons. The summed E-state index contributed by atoms with van der Waals surface area (Å²) in [4.78, 5) is 84.4. The number of hydrogen-bond donors (Lipinski definition) is 0. The number of hydrogen-bond acceptors (Lipinski definition) is 10. The van der Waals surface area contributed by atoms with Crippen molar-refractivity contribution in [2.45, 2.75) is 101 Å². The van der Waals surface area contributed by atoms with Gasteiger partial charge in [-0.05, 0) is 89.2 Å². The summed E-state index contributed by atoms with van der Waals surface area (Å²) < 4.78 is 2.42. The van der Waals surface area contributed by atoms with Crippen LogP contribution in [0.3, 0.4) is 0 Å². The van der Waals surface area contributed by atoms with Gasteiger partial charge < -0.3 is 9.68 Å². The van der Waals surface area contributed by atoms with Crippen molar-refractivity contribution in [1.82, 2.24) is 9.13 Å². The van der Waals surface area contributed by atoms with Crippen LogP contribution in [0.5, 0.6) is 0 Å². The van der Waals surface area contributed by atoms with Gasteiger partial charge in [-0.1, -0.05) is 0 Å². The van der Waals surface area contributed by atoms with Crippen molar-refractivity contribution in [3.63, 3.8) is 0 Å². The van der Waals surface area contributed by atoms with Crippen LogP contribution in [0, 0.1) is 20.2 Å². The number of benzene rings is 1. The van der Waals surface area contributed by atoms with Gasteiger partial charge >= 0.3 is 0 Å². The van der Waals surface area contributed by atoms with Crippen LogP contribution >= 0.6 is 0 Å². The van der Waals surface area contributed by atoms with Gasteiger partial charge in [-0.3, -0.25) is 28.3 Å². The van der Waals surface area contributed by atoms with Gasteiger partial charge in [-0.15, -0.1) is 20.2 Å². The highest BCUT2D eigenvalue weighted by atomic mass is 17.0. The van der Waals surface area contributed by atoms with E-state index in [4.69, 9.17) is 9.68 Å². The Morgan fingerprint density at radius 2 is 0.825 bits per heavy atom. The normalized spacial score (nSPS) is 24.6. The maximum absolute atomic E-state index is 13.4. The lowest BCUT2D eigenvalue weighted by Crippen LogP contribution is -2.32. The minimum absolute atomic E-state index is 0.0980. The van der Waals surface area contributed by atoms with Crippen LogP contribution in [-0.2, 0) is 9.68 Å². The van der Waals surface area contributed by atoms with Gasteiger partial charge in [-0.25, -0.2) is 0 Å². The molecule has 0 saturated heterocycles. The summed E-state index contributed by atoms with van der Waals surface area (Å²) in [7, 11) is 0. The molecule has 0 spiro atoms. The Labute approximate surface area is 226 Å². The van der Waals surface area contributed by atoms with Crippen LogP contribution < -0.4 is 22.2 Å². The zero-order valence-corrected chi connectivity index (χ0v) is 21.8. The average molecular weight is 559 g/mol. The fourth-order valence-corrected chi connectivity index (χ4v) is 6.55. The van der Waals surface area contributed by atoms with Crippen molar-refractivity contribution in [2.24, 2.45) is 0 Å². The lowest BCUT2D eigenvalue weighted by atomic mass is 9.95. The molecular weight excluding hydrogens is 528 g/mol. The molecule has 0 unspecified atom stereocenters. The molecule has 5 rings (SSSR count). The van der Waals surface area contributed by atoms with Crippen LogP contribution in [-0.4, -0.2) is 31.5 Å². The Morgan fingerprint density at radius 3 is 1.07 bits per heavy atom. The van der Waals surface area contributed by atoms with Crippen LogP contribution in [0.25, 0.3) is 21.5 Å². The smallest absolute Gasteiger partial charge is 0.294 e. The second-order valence-corrected chi connectivity index (χ2v) is 10.8. The van der Waals surface area contributed by atoms with E-state index < -0.39 is 44.6 Å². The molecule has 14 heteroatoms. The summed E-state index contributed by atoms with van der Waals surface area (Å²) >= 11 is 0. The number of aromatic nitrogens is 2. The summed E-state index contributed by atoms with van der Waals surface area (Å²) in [5.74, 6) is 0. The zero-order valence-electron chi connectivity index (χ0n) is 21.8. The lowest BCUT2D eigenvalue weighted by Gasteiger charge is -2.23. The number of fused-ring (bicyclic) bond motifs is 2. The van der Waals surface area contributed by atoms with E-state index in [2.05, 4.69) is 0 Å². The van der Waals surface area contributed by atoms with Crippen molar-refractivity contribution in [3.8, 4) is 0 Å². The minimum Gasteiger partial charge on any atom is -0.311 e. The fraction of sp³-hybridized carbons (Fsp3) is 0.615. The van der Waals surface area contributed by atoms with Gasteiger partial charge in [0, 0.05) is 12.1 Å². The van der Waals surface area contributed by atoms with Crippen molar-refractivity contribution < 1.29 is 19.8 Å². The third kappa shape index (κ3) is 5.21. The quantitative estimate of drug-likeness (QED) is 0.322. The van der Waals surface area contributed by atoms with Crippen molar-refractivity contribution in [3.05, 3.63) is 73.8 Å². The Kier molecular flexibility index (Phi) is 7.68. The maximum Gasteiger partial charge on any atom is 0.294 e. The summed E-state index contributed by atoms with van der Waals surface area (Å²) in [6, 6.07) is 1.94. The maximum atomic E-state index is 13.4. The SMILES string of the molecule is O=c1c2cc3c(=O)n(C4CCCC(O[N+](=O)[O-])CCC4)c(=O)c3cc2c(=O)n1C1CCCC(O[N+](=O)[O-])CCC1. The van der Waals surface area contributed by atoms with Gasteiger partial charge in [0.25, 0.3) is 32.4 Å². The topological polar surface area (TPSA) is 183 Å². The summed E-state index contributed by atoms with van der Waals surface area (Å²) in [6.45, 7) is 0. The van der Waals surface area contributed by atoms with Gasteiger partial charge in [0.1, 0.15) is 12.2 Å². The van der Waals surface area contributed by atoms with Crippen LogP contribution in [0.1, 0.15) is 89.1 Å². The lowest BCUT2D eigenvalue weighted by molar-refractivity contribution is -0.769. The van der Waals surface area contributed by atoms with E-state index in [1.165, 1.54) is 21.3 Å². The molecule has 0 amide bonds. The van der Waals surface area contributed by atoms with Crippen molar-refractivity contribution in [2.75, 3.05) is 0 Å². The zero-order chi connectivity index (χ0) is 28.6. The predicted molar refractivity (Wildman–Crippen MR) is 142 cm³/mol. The molecule has 2 aliphatic rings. The Balaban J connectivity index is 1.43. The molecule has 2 aliphatic carbocycles.